The van der Waals surface area contributed by atoms with Gasteiger partial charge in [-0.2, -0.15) is 0 Å². The third-order valence-electron chi connectivity index (χ3n) is 3.55. The maximum atomic E-state index is 12.4. The molecule has 5 nitrogen and oxygen atoms in total. The molecule has 1 aliphatic rings. The third-order valence-corrected chi connectivity index (χ3v) is 3.55. The molecule has 1 N–H and O–H groups in total. The highest BCUT2D eigenvalue weighted by molar-refractivity contribution is 6.31. The lowest BCUT2D eigenvalue weighted by molar-refractivity contribution is -0.116. The van der Waals surface area contributed by atoms with Crippen LogP contribution in [0.5, 0.6) is 0 Å². The van der Waals surface area contributed by atoms with Crippen LogP contribution in [-0.2, 0) is 14.9 Å². The lowest BCUT2D eigenvalue weighted by Gasteiger charge is -2.26. The van der Waals surface area contributed by atoms with Crippen LogP contribution in [0.3, 0.4) is 0 Å². The number of ketones is 1. The number of anilines is 1. The van der Waals surface area contributed by atoms with E-state index >= 15 is 0 Å². The van der Waals surface area contributed by atoms with E-state index < -0.39 is 17.1 Å². The van der Waals surface area contributed by atoms with Crippen molar-refractivity contribution >= 4 is 23.8 Å². The number of nitrogens with zero attached hydrogens (tertiary/aromatic N) is 1. The summed E-state index contributed by atoms with van der Waals surface area (Å²) in [6.07, 6.45) is 0.339. The van der Waals surface area contributed by atoms with E-state index in [1.165, 1.54) is 4.90 Å². The average Bonchev–Trinajstić information content (AvgIpc) is 2.72. The summed E-state index contributed by atoms with van der Waals surface area (Å²) < 4.78 is 5.40. The van der Waals surface area contributed by atoms with Crippen molar-refractivity contribution in [1.29, 1.82) is 5.41 Å². The zero-order valence-electron chi connectivity index (χ0n) is 12.8. The summed E-state index contributed by atoms with van der Waals surface area (Å²) in [5.74, 6) is -0.319. The molecule has 1 atom stereocenters. The molecule has 0 fully saturated rings. The van der Waals surface area contributed by atoms with E-state index in [4.69, 9.17) is 10.1 Å². The molecule has 2 rings (SSSR count). The Morgan fingerprint density at radius 3 is 2.52 bits per heavy atom. The molecular formula is C16H20N2O3. The van der Waals surface area contributed by atoms with Crippen molar-refractivity contribution in [3.8, 4) is 0 Å². The van der Waals surface area contributed by atoms with Gasteiger partial charge in [0.2, 0.25) is 0 Å². The molecule has 0 radical (unpaired) electrons. The van der Waals surface area contributed by atoms with E-state index in [1.807, 2.05) is 18.2 Å². The van der Waals surface area contributed by atoms with E-state index in [1.54, 1.807) is 33.8 Å². The van der Waals surface area contributed by atoms with E-state index in [2.05, 4.69) is 0 Å². The SMILES string of the molecule is CC(C)(C)OC(=O)N1CC(C)(C(=O)C=N)c2ccccc21. The number of amides is 1. The second-order valence-electron chi connectivity index (χ2n) is 6.42. The van der Waals surface area contributed by atoms with Crippen LogP contribution >= 0.6 is 0 Å². The highest BCUT2D eigenvalue weighted by Crippen LogP contribution is 2.41. The first-order chi connectivity index (χ1) is 9.69. The van der Waals surface area contributed by atoms with Crippen molar-refractivity contribution in [3.05, 3.63) is 29.8 Å². The Hall–Kier alpha value is -2.17. The summed E-state index contributed by atoms with van der Waals surface area (Å²) in [4.78, 5) is 26.0. The van der Waals surface area contributed by atoms with Crippen molar-refractivity contribution in [2.75, 3.05) is 11.4 Å². The number of benzene rings is 1. The molecule has 0 saturated carbocycles. The van der Waals surface area contributed by atoms with Crippen molar-refractivity contribution in [2.45, 2.75) is 38.7 Å². The van der Waals surface area contributed by atoms with Crippen LogP contribution in [0.2, 0.25) is 0 Å². The molecule has 1 aromatic rings. The Labute approximate surface area is 124 Å². The monoisotopic (exact) mass is 288 g/mol. The van der Waals surface area contributed by atoms with Gasteiger partial charge in [-0.05, 0) is 39.3 Å². The van der Waals surface area contributed by atoms with Gasteiger partial charge in [-0.25, -0.2) is 4.79 Å². The number of hydrogen-bond donors (Lipinski definition) is 1. The van der Waals surface area contributed by atoms with Crippen molar-refractivity contribution < 1.29 is 14.3 Å². The third kappa shape index (κ3) is 2.68. The van der Waals surface area contributed by atoms with Crippen molar-refractivity contribution in [1.82, 2.24) is 0 Å². The van der Waals surface area contributed by atoms with Crippen LogP contribution in [0.1, 0.15) is 33.3 Å². The lowest BCUT2D eigenvalue weighted by Crippen LogP contribution is -2.42. The zero-order chi connectivity index (χ0) is 15.8. The molecule has 0 aromatic heterocycles. The molecule has 0 bridgehead atoms. The Bertz CT molecular complexity index is 604. The van der Waals surface area contributed by atoms with Crippen LogP contribution < -0.4 is 4.90 Å². The maximum absolute atomic E-state index is 12.4. The van der Waals surface area contributed by atoms with Gasteiger partial charge < -0.3 is 10.1 Å². The average molecular weight is 288 g/mol. The Morgan fingerprint density at radius 2 is 1.95 bits per heavy atom. The predicted molar refractivity (Wildman–Crippen MR) is 81.2 cm³/mol. The molecular weight excluding hydrogens is 268 g/mol. The lowest BCUT2D eigenvalue weighted by atomic mass is 9.81. The fourth-order valence-corrected chi connectivity index (χ4v) is 2.51. The maximum Gasteiger partial charge on any atom is 0.414 e. The fourth-order valence-electron chi connectivity index (χ4n) is 2.51. The van der Waals surface area contributed by atoms with Gasteiger partial charge >= 0.3 is 6.09 Å². The summed E-state index contributed by atoms with van der Waals surface area (Å²) >= 11 is 0. The zero-order valence-corrected chi connectivity index (χ0v) is 12.8. The molecule has 112 valence electrons. The smallest absolute Gasteiger partial charge is 0.414 e. The second kappa shape index (κ2) is 4.98. The quantitative estimate of drug-likeness (QED) is 0.851. The highest BCUT2D eigenvalue weighted by Gasteiger charge is 2.46. The minimum Gasteiger partial charge on any atom is -0.443 e. The van der Waals surface area contributed by atoms with E-state index in [0.717, 1.165) is 11.8 Å². The number of Topliss-reactive ketones (excluding diaryl/α,β-unsaturated/α-hetero) is 1. The van der Waals surface area contributed by atoms with Gasteiger partial charge in [0.15, 0.2) is 5.78 Å². The minimum atomic E-state index is -0.894. The summed E-state index contributed by atoms with van der Waals surface area (Å²) in [7, 11) is 0. The van der Waals surface area contributed by atoms with Crippen LogP contribution in [0.15, 0.2) is 24.3 Å². The number of fused-ring (bicyclic) bond motifs is 1. The van der Waals surface area contributed by atoms with Crippen LogP contribution in [0.25, 0.3) is 0 Å². The Balaban J connectivity index is 2.42. The first-order valence-electron chi connectivity index (χ1n) is 6.84. The molecule has 0 spiro atoms. The fraction of sp³-hybridized carbons (Fsp3) is 0.438. The summed E-state index contributed by atoms with van der Waals surface area (Å²) in [6, 6.07) is 7.26. The largest absolute Gasteiger partial charge is 0.443 e. The first kappa shape index (κ1) is 15.2. The van der Waals surface area contributed by atoms with Crippen molar-refractivity contribution in [2.24, 2.45) is 0 Å². The van der Waals surface area contributed by atoms with E-state index in [9.17, 15) is 9.59 Å². The molecule has 0 saturated heterocycles. The molecule has 0 aliphatic carbocycles. The topological polar surface area (TPSA) is 70.5 Å². The molecule has 21 heavy (non-hydrogen) atoms. The Morgan fingerprint density at radius 1 is 1.33 bits per heavy atom. The summed E-state index contributed by atoms with van der Waals surface area (Å²) in [5.41, 5.74) is -0.0694. The molecule has 1 amide bonds. The van der Waals surface area contributed by atoms with Crippen LogP contribution in [0, 0.1) is 5.41 Å². The van der Waals surface area contributed by atoms with Crippen molar-refractivity contribution in [3.63, 3.8) is 0 Å². The number of ether oxygens (including phenoxy) is 1. The van der Waals surface area contributed by atoms with Gasteiger partial charge in [0, 0.05) is 6.54 Å². The molecule has 1 heterocycles. The van der Waals surface area contributed by atoms with Gasteiger partial charge in [-0.15, -0.1) is 0 Å². The predicted octanol–water partition coefficient (Wildman–Crippen LogP) is 2.92. The van der Waals surface area contributed by atoms with E-state index in [0.29, 0.717) is 5.69 Å². The standard InChI is InChI=1S/C16H20N2O3/c1-15(2,3)21-14(20)18-10-16(4,13(19)9-17)11-7-5-6-8-12(11)18/h5-9,17H,10H2,1-4H3. The minimum absolute atomic E-state index is 0.190. The second-order valence-corrected chi connectivity index (χ2v) is 6.42. The summed E-state index contributed by atoms with van der Waals surface area (Å²) in [5, 5.41) is 7.25. The number of nitrogens with one attached hydrogen (secondary N) is 1. The van der Waals surface area contributed by atoms with Crippen LogP contribution in [0.4, 0.5) is 10.5 Å². The number of rotatable bonds is 2. The number of carbonyl (C=O) groups is 2. The van der Waals surface area contributed by atoms with E-state index in [-0.39, 0.29) is 12.3 Å². The van der Waals surface area contributed by atoms with Gasteiger partial charge in [0.25, 0.3) is 0 Å². The number of carbonyl (C=O) groups excluding carboxylic acids is 2. The Kier molecular flexibility index (Phi) is 3.61. The number of para-hydroxylation sites is 1. The molecule has 5 heteroatoms. The van der Waals surface area contributed by atoms with Gasteiger partial charge in [0.1, 0.15) is 5.60 Å². The normalized spacial score (nSPS) is 20.9. The number of hydrogen-bond acceptors (Lipinski definition) is 4. The van der Waals surface area contributed by atoms with Gasteiger partial charge in [-0.1, -0.05) is 18.2 Å². The first-order valence-corrected chi connectivity index (χ1v) is 6.84. The highest BCUT2D eigenvalue weighted by atomic mass is 16.6. The molecule has 1 aromatic carbocycles. The van der Waals surface area contributed by atoms with Gasteiger partial charge in [0.05, 0.1) is 17.3 Å². The molecule has 1 unspecified atom stereocenters. The van der Waals surface area contributed by atoms with Gasteiger partial charge in [-0.3, -0.25) is 9.69 Å². The molecule has 1 aliphatic heterocycles. The summed E-state index contributed by atoms with van der Waals surface area (Å²) in [6.45, 7) is 7.34. The van der Waals surface area contributed by atoms with Crippen LogP contribution in [-0.4, -0.2) is 30.2 Å².